The number of anilines is 1. The smallest absolute Gasteiger partial charge is 0.263 e. The lowest BCUT2D eigenvalue weighted by molar-refractivity contribution is 0.0831. The molecule has 3 heterocycles. The van der Waals surface area contributed by atoms with Gasteiger partial charge in [-0.2, -0.15) is 0 Å². The number of carbonyl (C=O) groups is 1. The van der Waals surface area contributed by atoms with Gasteiger partial charge in [0, 0.05) is 5.54 Å². The summed E-state index contributed by atoms with van der Waals surface area (Å²) in [6, 6.07) is 4.84. The van der Waals surface area contributed by atoms with E-state index in [0.29, 0.717) is 23.8 Å². The largest absolute Gasteiger partial charge is 0.345 e. The maximum Gasteiger partial charge on any atom is 0.263 e. The van der Waals surface area contributed by atoms with Gasteiger partial charge in [0.05, 0.1) is 47.2 Å². The Morgan fingerprint density at radius 2 is 2.10 bits per heavy atom. The molecule has 2 aromatic rings. The van der Waals surface area contributed by atoms with Gasteiger partial charge in [0.1, 0.15) is 5.82 Å². The van der Waals surface area contributed by atoms with Gasteiger partial charge in [-0.05, 0) is 51.8 Å². The number of carbonyl (C=O) groups excluding carboxylic acids is 1. The molecular weight excluding hydrogens is 404 g/mol. The molecule has 158 valence electrons. The first-order chi connectivity index (χ1) is 14.2. The number of aryl methyl sites for hydroxylation is 1. The summed E-state index contributed by atoms with van der Waals surface area (Å²) in [5.74, 6) is 1.09. The summed E-state index contributed by atoms with van der Waals surface area (Å²) in [6.45, 7) is 6.63. The van der Waals surface area contributed by atoms with Gasteiger partial charge in [0.2, 0.25) is 16.0 Å². The monoisotopic (exact) mass is 428 g/mol. The van der Waals surface area contributed by atoms with E-state index in [1.165, 1.54) is 6.07 Å². The second-order valence-corrected chi connectivity index (χ2v) is 10.3. The molecule has 0 unspecified atom stereocenters. The zero-order chi connectivity index (χ0) is 21.3. The molecule has 5 rings (SSSR count). The first-order valence-electron chi connectivity index (χ1n) is 10.0. The predicted octanol–water partition coefficient (Wildman–Crippen LogP) is 1.77. The second-order valence-electron chi connectivity index (χ2n) is 8.59. The van der Waals surface area contributed by atoms with Gasteiger partial charge < -0.3 is 9.88 Å². The highest BCUT2D eigenvalue weighted by Gasteiger charge is 2.43. The number of benzene rings is 1. The minimum Gasteiger partial charge on any atom is -0.345 e. The van der Waals surface area contributed by atoms with Crippen molar-refractivity contribution in [1.29, 1.82) is 0 Å². The van der Waals surface area contributed by atoms with E-state index in [4.69, 9.17) is 0 Å². The Hall–Kier alpha value is -2.72. The number of H-pyrrole nitrogens is 1. The molecule has 1 aliphatic carbocycles. The summed E-state index contributed by atoms with van der Waals surface area (Å²) in [5, 5.41) is 0. The van der Waals surface area contributed by atoms with Gasteiger partial charge in [0.25, 0.3) is 5.91 Å². The van der Waals surface area contributed by atoms with E-state index in [0.717, 1.165) is 24.4 Å². The van der Waals surface area contributed by atoms with Gasteiger partial charge in [-0.3, -0.25) is 14.7 Å². The second kappa shape index (κ2) is 6.39. The number of aromatic amines is 1. The number of fused-ring (bicyclic) bond motifs is 3. The van der Waals surface area contributed by atoms with E-state index in [1.54, 1.807) is 23.2 Å². The van der Waals surface area contributed by atoms with Crippen LogP contribution in [0.4, 0.5) is 5.69 Å². The molecule has 3 aliphatic rings. The van der Waals surface area contributed by atoms with Crippen LogP contribution in [-0.2, 0) is 16.6 Å². The van der Waals surface area contributed by atoms with Crippen LogP contribution in [0.15, 0.2) is 34.3 Å². The number of nitrogens with zero attached hydrogens (tertiary/aromatic N) is 4. The summed E-state index contributed by atoms with van der Waals surface area (Å²) >= 11 is 0. The molecule has 2 N–H and O–H groups in total. The van der Waals surface area contributed by atoms with Crippen molar-refractivity contribution in [3.63, 3.8) is 0 Å². The lowest BCUT2D eigenvalue weighted by atomic mass is 10.1. The number of imidazole rings is 1. The minimum absolute atomic E-state index is 0.0730. The number of aromatic nitrogens is 2. The van der Waals surface area contributed by atoms with Crippen molar-refractivity contribution in [3.05, 3.63) is 41.5 Å². The van der Waals surface area contributed by atoms with Crippen LogP contribution in [0.3, 0.4) is 0 Å². The van der Waals surface area contributed by atoms with Crippen LogP contribution in [0.1, 0.15) is 48.6 Å². The molecule has 0 saturated heterocycles. The molecule has 2 aliphatic heterocycles. The molecule has 30 heavy (non-hydrogen) atoms. The summed E-state index contributed by atoms with van der Waals surface area (Å²) < 4.78 is 28.5. The number of sulfonamides is 1. The third-order valence-electron chi connectivity index (χ3n) is 5.87. The molecule has 0 spiro atoms. The lowest BCUT2D eigenvalue weighted by Gasteiger charge is -2.37. The van der Waals surface area contributed by atoms with Crippen molar-refractivity contribution in [2.45, 2.75) is 56.6 Å². The maximum absolute atomic E-state index is 13.4. The highest BCUT2D eigenvalue weighted by atomic mass is 32.2. The molecule has 9 nitrogen and oxygen atoms in total. The van der Waals surface area contributed by atoms with Crippen molar-refractivity contribution in [1.82, 2.24) is 19.6 Å². The molecule has 1 fully saturated rings. The third-order valence-corrected chi connectivity index (χ3v) is 7.51. The van der Waals surface area contributed by atoms with Gasteiger partial charge in [-0.25, -0.2) is 18.1 Å². The van der Waals surface area contributed by atoms with Crippen molar-refractivity contribution in [2.24, 2.45) is 4.99 Å². The Morgan fingerprint density at radius 1 is 1.33 bits per heavy atom. The molecular formula is C20H24N6O3S. The maximum atomic E-state index is 13.4. The van der Waals surface area contributed by atoms with Crippen LogP contribution in [0.2, 0.25) is 0 Å². The van der Waals surface area contributed by atoms with E-state index in [2.05, 4.69) is 19.7 Å². The highest BCUT2D eigenvalue weighted by molar-refractivity contribution is 7.89. The van der Waals surface area contributed by atoms with Gasteiger partial charge in [0.15, 0.2) is 0 Å². The predicted molar refractivity (Wildman–Crippen MR) is 112 cm³/mol. The average molecular weight is 429 g/mol. The third kappa shape index (κ3) is 3.10. The first kappa shape index (κ1) is 19.3. The van der Waals surface area contributed by atoms with Crippen LogP contribution in [0, 0.1) is 6.92 Å². The fraction of sp³-hybridized carbons (Fsp3) is 0.450. The first-order valence-corrected chi connectivity index (χ1v) is 11.5. The molecule has 1 aromatic carbocycles. The lowest BCUT2D eigenvalue weighted by Crippen LogP contribution is -2.52. The molecule has 0 bridgehead atoms. The normalized spacial score (nSPS) is 22.0. The number of guanidine groups is 1. The number of aliphatic imine (C=N–C) groups is 1. The van der Waals surface area contributed by atoms with E-state index in [1.807, 2.05) is 25.7 Å². The molecule has 1 saturated carbocycles. The van der Waals surface area contributed by atoms with Crippen molar-refractivity contribution >= 4 is 27.6 Å². The summed E-state index contributed by atoms with van der Waals surface area (Å²) in [5.41, 5.74) is 1.46. The minimum atomic E-state index is -3.71. The molecule has 10 heteroatoms. The molecule has 1 aromatic heterocycles. The Morgan fingerprint density at radius 3 is 2.77 bits per heavy atom. The van der Waals surface area contributed by atoms with E-state index >= 15 is 0 Å². The fourth-order valence-electron chi connectivity index (χ4n) is 3.97. The number of nitrogens with one attached hydrogen (secondary N) is 2. The molecule has 1 atom stereocenters. The molecule has 1 amide bonds. The zero-order valence-electron chi connectivity index (χ0n) is 17.1. The van der Waals surface area contributed by atoms with E-state index < -0.39 is 10.0 Å². The quantitative estimate of drug-likeness (QED) is 0.754. The van der Waals surface area contributed by atoms with Crippen LogP contribution < -0.4 is 9.62 Å². The Balaban J connectivity index is 1.55. The fourth-order valence-corrected chi connectivity index (χ4v) is 5.46. The standard InChI is InChI=1S/C20H24N6O3S/c1-12-9-22-19-25(11-14-10-21-13(2)23-14)18(27)16-8-15(4-5-17(16)26(12)19)30(28,29)24-20(3)6-7-20/h4-5,8,10,12,24H,6-7,9,11H2,1-3H3,(H,21,23)/t12-/m1/s1. The van der Waals surface area contributed by atoms with Crippen molar-refractivity contribution in [2.75, 3.05) is 11.4 Å². The van der Waals surface area contributed by atoms with Crippen LogP contribution >= 0.6 is 0 Å². The van der Waals surface area contributed by atoms with Crippen molar-refractivity contribution in [3.8, 4) is 0 Å². The Kier molecular flexibility index (Phi) is 4.10. The highest BCUT2D eigenvalue weighted by Crippen LogP contribution is 2.38. The summed E-state index contributed by atoms with van der Waals surface area (Å²) in [7, 11) is -3.71. The van der Waals surface area contributed by atoms with Gasteiger partial charge in [-0.1, -0.05) is 0 Å². The Labute approximate surface area is 175 Å². The van der Waals surface area contributed by atoms with Gasteiger partial charge in [-0.15, -0.1) is 0 Å². The van der Waals surface area contributed by atoms with E-state index in [-0.39, 0.29) is 28.9 Å². The zero-order valence-corrected chi connectivity index (χ0v) is 18.0. The molecule has 0 radical (unpaired) electrons. The Bertz CT molecular complexity index is 1180. The van der Waals surface area contributed by atoms with Crippen LogP contribution in [-0.4, -0.2) is 53.3 Å². The SMILES string of the molecule is Cc1ncc(CN2C(=O)c3cc(S(=O)(=O)NC4(C)CC4)ccc3N3C2=NC[C@H]3C)[nH]1. The summed E-state index contributed by atoms with van der Waals surface area (Å²) in [4.78, 5) is 29.1. The van der Waals surface area contributed by atoms with Crippen LogP contribution in [0.25, 0.3) is 0 Å². The number of amides is 1. The summed E-state index contributed by atoms with van der Waals surface area (Å²) in [6.07, 6.45) is 3.33. The number of rotatable bonds is 5. The number of hydrogen-bond donors (Lipinski definition) is 2. The number of hydrogen-bond acceptors (Lipinski definition) is 6. The van der Waals surface area contributed by atoms with Gasteiger partial charge >= 0.3 is 0 Å². The van der Waals surface area contributed by atoms with Crippen LogP contribution in [0.5, 0.6) is 0 Å². The topological polar surface area (TPSA) is 111 Å². The van der Waals surface area contributed by atoms with Crippen molar-refractivity contribution < 1.29 is 13.2 Å². The van der Waals surface area contributed by atoms with E-state index in [9.17, 15) is 13.2 Å². The average Bonchev–Trinajstić information content (AvgIpc) is 3.07.